The molecule has 6 heteroatoms. The van der Waals surface area contributed by atoms with Gasteiger partial charge in [-0.15, -0.1) is 0 Å². The predicted molar refractivity (Wildman–Crippen MR) is 98.2 cm³/mol. The van der Waals surface area contributed by atoms with Crippen LogP contribution in [0.15, 0.2) is 60.9 Å². The topological polar surface area (TPSA) is 47.4 Å². The van der Waals surface area contributed by atoms with Crippen LogP contribution in [0.3, 0.4) is 0 Å². The highest BCUT2D eigenvalue weighted by Gasteiger charge is 2.14. The van der Waals surface area contributed by atoms with Gasteiger partial charge in [-0.2, -0.15) is 5.10 Å². The molecular formula is C20H20FN3O2. The molecule has 5 nitrogen and oxygen atoms in total. The quantitative estimate of drug-likeness (QED) is 0.680. The second-order valence-electron chi connectivity index (χ2n) is 5.90. The number of hydrogen-bond donors (Lipinski definition) is 0. The Hall–Kier alpha value is -3.15. The first kappa shape index (κ1) is 17.7. The van der Waals surface area contributed by atoms with Gasteiger partial charge in [-0.3, -0.25) is 4.79 Å². The van der Waals surface area contributed by atoms with Crippen molar-refractivity contribution in [3.8, 4) is 11.4 Å². The van der Waals surface area contributed by atoms with Gasteiger partial charge in [0.25, 0.3) is 0 Å². The van der Waals surface area contributed by atoms with Crippen molar-refractivity contribution in [3.63, 3.8) is 0 Å². The number of hydrogen-bond acceptors (Lipinski definition) is 3. The van der Waals surface area contributed by atoms with Gasteiger partial charge in [-0.05, 0) is 36.2 Å². The first-order valence-corrected chi connectivity index (χ1v) is 8.27. The van der Waals surface area contributed by atoms with Gasteiger partial charge in [-0.25, -0.2) is 9.07 Å². The Labute approximate surface area is 151 Å². The number of aromatic nitrogens is 2. The summed E-state index contributed by atoms with van der Waals surface area (Å²) in [4.78, 5) is 13.9. The fourth-order valence-electron chi connectivity index (χ4n) is 2.64. The Morgan fingerprint density at radius 2 is 2.00 bits per heavy atom. The highest BCUT2D eigenvalue weighted by Crippen LogP contribution is 2.23. The number of carbonyl (C=O) groups is 1. The van der Waals surface area contributed by atoms with E-state index < -0.39 is 5.82 Å². The van der Waals surface area contributed by atoms with E-state index in [1.807, 2.05) is 36.5 Å². The standard InChI is InChI=1S/C20H20FN3O2/c1-23(17-9-10-19(26-2)18(21)12-17)20(25)11-8-15-13-22-24(14-15)16-6-4-3-5-7-16/h3-7,9-10,12-14H,8,11H2,1-2H3. The zero-order valence-corrected chi connectivity index (χ0v) is 14.7. The average molecular weight is 353 g/mol. The molecule has 134 valence electrons. The zero-order valence-electron chi connectivity index (χ0n) is 14.7. The number of rotatable bonds is 6. The molecule has 3 aromatic rings. The van der Waals surface area contributed by atoms with Crippen LogP contribution < -0.4 is 9.64 Å². The summed E-state index contributed by atoms with van der Waals surface area (Å²) in [6.07, 6.45) is 4.54. The van der Waals surface area contributed by atoms with Gasteiger partial charge in [0.2, 0.25) is 5.91 Å². The third-order valence-corrected chi connectivity index (χ3v) is 4.18. The van der Waals surface area contributed by atoms with E-state index in [0.29, 0.717) is 18.5 Å². The van der Waals surface area contributed by atoms with Crippen molar-refractivity contribution < 1.29 is 13.9 Å². The fourth-order valence-corrected chi connectivity index (χ4v) is 2.64. The number of nitrogens with zero attached hydrogens (tertiary/aromatic N) is 3. The van der Waals surface area contributed by atoms with Crippen molar-refractivity contribution in [2.45, 2.75) is 12.8 Å². The lowest BCUT2D eigenvalue weighted by molar-refractivity contribution is -0.118. The summed E-state index contributed by atoms with van der Waals surface area (Å²) in [5, 5.41) is 4.33. The van der Waals surface area contributed by atoms with Gasteiger partial charge in [0, 0.05) is 31.4 Å². The van der Waals surface area contributed by atoms with Gasteiger partial charge in [0.15, 0.2) is 11.6 Å². The maximum atomic E-state index is 13.8. The summed E-state index contributed by atoms with van der Waals surface area (Å²) in [6.45, 7) is 0. The van der Waals surface area contributed by atoms with E-state index >= 15 is 0 Å². The molecular weight excluding hydrogens is 333 g/mol. The molecule has 0 saturated heterocycles. The van der Waals surface area contributed by atoms with Crippen LogP contribution in [-0.4, -0.2) is 29.8 Å². The molecule has 26 heavy (non-hydrogen) atoms. The van der Waals surface area contributed by atoms with Crippen LogP contribution in [0.4, 0.5) is 10.1 Å². The number of aryl methyl sites for hydroxylation is 1. The Morgan fingerprint density at radius 3 is 2.69 bits per heavy atom. The monoisotopic (exact) mass is 353 g/mol. The van der Waals surface area contributed by atoms with Crippen molar-refractivity contribution in [2.24, 2.45) is 0 Å². The summed E-state index contributed by atoms with van der Waals surface area (Å²) in [7, 11) is 3.04. The smallest absolute Gasteiger partial charge is 0.227 e. The SMILES string of the molecule is COc1ccc(N(C)C(=O)CCc2cnn(-c3ccccc3)c2)cc1F. The predicted octanol–water partition coefficient (Wildman–Crippen LogP) is 3.62. The Kier molecular flexibility index (Phi) is 5.31. The molecule has 0 aliphatic carbocycles. The van der Waals surface area contributed by atoms with Crippen LogP contribution in [-0.2, 0) is 11.2 Å². The van der Waals surface area contributed by atoms with Gasteiger partial charge >= 0.3 is 0 Å². The molecule has 2 aromatic carbocycles. The summed E-state index contributed by atoms with van der Waals surface area (Å²) >= 11 is 0. The average Bonchev–Trinajstić information content (AvgIpc) is 3.15. The lowest BCUT2D eigenvalue weighted by Crippen LogP contribution is -2.26. The van der Waals surface area contributed by atoms with Crippen LogP contribution >= 0.6 is 0 Å². The minimum absolute atomic E-state index is 0.0953. The first-order valence-electron chi connectivity index (χ1n) is 8.27. The molecule has 3 rings (SSSR count). The van der Waals surface area contributed by atoms with Crippen molar-refractivity contribution >= 4 is 11.6 Å². The van der Waals surface area contributed by atoms with Crippen LogP contribution in [0.1, 0.15) is 12.0 Å². The molecule has 0 aliphatic rings. The maximum Gasteiger partial charge on any atom is 0.227 e. The van der Waals surface area contributed by atoms with Crippen LogP contribution in [0.25, 0.3) is 5.69 Å². The van der Waals surface area contributed by atoms with Gasteiger partial charge < -0.3 is 9.64 Å². The van der Waals surface area contributed by atoms with Crippen molar-refractivity contribution in [1.82, 2.24) is 9.78 Å². The van der Waals surface area contributed by atoms with E-state index in [9.17, 15) is 9.18 Å². The normalized spacial score (nSPS) is 10.6. The number of halogens is 1. The van der Waals surface area contributed by atoms with Crippen LogP contribution in [0.2, 0.25) is 0 Å². The third kappa shape index (κ3) is 3.91. The molecule has 0 spiro atoms. The highest BCUT2D eigenvalue weighted by molar-refractivity contribution is 5.92. The molecule has 0 radical (unpaired) electrons. The molecule has 0 unspecified atom stereocenters. The number of para-hydroxylation sites is 1. The fraction of sp³-hybridized carbons (Fsp3) is 0.200. The van der Waals surface area contributed by atoms with Crippen LogP contribution in [0, 0.1) is 5.82 Å². The number of benzene rings is 2. The van der Waals surface area contributed by atoms with Crippen molar-refractivity contribution in [1.29, 1.82) is 0 Å². The summed E-state index contributed by atoms with van der Waals surface area (Å²) in [6, 6.07) is 14.2. The van der Waals surface area contributed by atoms with Gasteiger partial charge in [-0.1, -0.05) is 18.2 Å². The van der Waals surface area contributed by atoms with Crippen LogP contribution in [0.5, 0.6) is 5.75 Å². The van der Waals surface area contributed by atoms with E-state index in [4.69, 9.17) is 4.74 Å². The number of anilines is 1. The lowest BCUT2D eigenvalue weighted by Gasteiger charge is -2.17. The minimum atomic E-state index is -0.492. The van der Waals surface area contributed by atoms with E-state index in [0.717, 1.165) is 11.3 Å². The summed E-state index contributed by atoms with van der Waals surface area (Å²) < 4.78 is 20.5. The molecule has 0 N–H and O–H groups in total. The largest absolute Gasteiger partial charge is 0.494 e. The second-order valence-corrected chi connectivity index (χ2v) is 5.90. The Bertz CT molecular complexity index is 893. The third-order valence-electron chi connectivity index (χ3n) is 4.18. The van der Waals surface area contributed by atoms with E-state index in [-0.39, 0.29) is 11.7 Å². The number of methoxy groups -OCH3 is 1. The number of amides is 1. The molecule has 1 aromatic heterocycles. The molecule has 1 heterocycles. The highest BCUT2D eigenvalue weighted by atomic mass is 19.1. The molecule has 0 aliphatic heterocycles. The van der Waals surface area contributed by atoms with Gasteiger partial charge in [0.05, 0.1) is 19.0 Å². The molecule has 0 atom stereocenters. The van der Waals surface area contributed by atoms with E-state index in [2.05, 4.69) is 5.10 Å². The molecule has 1 amide bonds. The van der Waals surface area contributed by atoms with E-state index in [1.165, 1.54) is 24.1 Å². The minimum Gasteiger partial charge on any atom is -0.494 e. The maximum absolute atomic E-state index is 13.8. The molecule has 0 bridgehead atoms. The zero-order chi connectivity index (χ0) is 18.5. The first-order chi connectivity index (χ1) is 12.6. The lowest BCUT2D eigenvalue weighted by atomic mass is 10.2. The van der Waals surface area contributed by atoms with Crippen molar-refractivity contribution in [2.75, 3.05) is 19.1 Å². The Balaban J connectivity index is 1.62. The second kappa shape index (κ2) is 7.82. The summed E-state index contributed by atoms with van der Waals surface area (Å²) in [5.74, 6) is -0.432. The Morgan fingerprint density at radius 1 is 1.23 bits per heavy atom. The number of carbonyl (C=O) groups excluding carboxylic acids is 1. The van der Waals surface area contributed by atoms with Crippen molar-refractivity contribution in [3.05, 3.63) is 72.3 Å². The summed E-state index contributed by atoms with van der Waals surface area (Å²) in [5.41, 5.74) is 2.43. The molecule has 0 fully saturated rings. The number of ether oxygens (including phenoxy) is 1. The molecule has 0 saturated carbocycles. The van der Waals surface area contributed by atoms with E-state index in [1.54, 1.807) is 24.0 Å². The van der Waals surface area contributed by atoms with Gasteiger partial charge in [0.1, 0.15) is 0 Å².